The lowest BCUT2D eigenvalue weighted by atomic mass is 9.97. The van der Waals surface area contributed by atoms with E-state index in [1.807, 2.05) is 0 Å². The summed E-state index contributed by atoms with van der Waals surface area (Å²) in [5.41, 5.74) is 0.812. The zero-order chi connectivity index (χ0) is 24.3. The Labute approximate surface area is 195 Å². The van der Waals surface area contributed by atoms with Gasteiger partial charge in [0.1, 0.15) is 17.3 Å². The summed E-state index contributed by atoms with van der Waals surface area (Å²) in [6.45, 7) is 1.79. The first-order valence-corrected chi connectivity index (χ1v) is 12.0. The molecule has 1 aliphatic heterocycles. The number of sulfonamides is 1. The summed E-state index contributed by atoms with van der Waals surface area (Å²) in [7, 11) is -3.98. The Morgan fingerprint density at radius 2 is 1.97 bits per heavy atom. The third-order valence-electron chi connectivity index (χ3n) is 5.56. The van der Waals surface area contributed by atoms with Gasteiger partial charge >= 0.3 is 0 Å². The second kappa shape index (κ2) is 9.82. The summed E-state index contributed by atoms with van der Waals surface area (Å²) in [6, 6.07) is 6.51. The van der Waals surface area contributed by atoms with Crippen molar-refractivity contribution in [1.82, 2.24) is 14.4 Å². The first kappa shape index (κ1) is 23.7. The van der Waals surface area contributed by atoms with Gasteiger partial charge in [0.05, 0.1) is 11.9 Å². The molecule has 0 saturated carbocycles. The van der Waals surface area contributed by atoms with Crippen LogP contribution in [0.15, 0.2) is 52.1 Å². The lowest BCUT2D eigenvalue weighted by Crippen LogP contribution is -2.41. The minimum Gasteiger partial charge on any atom is -0.355 e. The van der Waals surface area contributed by atoms with Gasteiger partial charge in [-0.3, -0.25) is 9.78 Å². The number of nitrogens with one attached hydrogen (secondary N) is 1. The topological polar surface area (TPSA) is 105 Å². The number of aryl methyl sites for hydroxylation is 1. The molecule has 8 nitrogen and oxygen atoms in total. The van der Waals surface area contributed by atoms with Crippen LogP contribution in [0, 0.1) is 24.5 Å². The van der Waals surface area contributed by atoms with E-state index in [9.17, 15) is 22.0 Å². The van der Waals surface area contributed by atoms with E-state index in [1.165, 1.54) is 29.4 Å². The Morgan fingerprint density at radius 3 is 2.65 bits per heavy atom. The summed E-state index contributed by atoms with van der Waals surface area (Å²) in [5.74, 6) is -2.08. The van der Waals surface area contributed by atoms with Gasteiger partial charge < -0.3 is 9.84 Å². The molecule has 3 aromatic rings. The number of pyridine rings is 1. The molecule has 1 aliphatic rings. The minimum atomic E-state index is -3.98. The highest BCUT2D eigenvalue weighted by molar-refractivity contribution is 7.89. The number of nitrogens with zero attached hydrogens (tertiary/aromatic N) is 3. The highest BCUT2D eigenvalue weighted by Gasteiger charge is 2.36. The first-order chi connectivity index (χ1) is 16.3. The van der Waals surface area contributed by atoms with Crippen molar-refractivity contribution in [3.63, 3.8) is 0 Å². The molecular formula is C23H22F2N4O4S. The molecule has 2 aromatic heterocycles. The molecule has 1 aromatic carbocycles. The Bertz CT molecular complexity index is 1320. The molecule has 4 rings (SSSR count). The molecule has 0 unspecified atom stereocenters. The van der Waals surface area contributed by atoms with Gasteiger partial charge in [-0.2, -0.15) is 4.31 Å². The normalized spacial score (nSPS) is 15.6. The van der Waals surface area contributed by atoms with Gasteiger partial charge in [-0.25, -0.2) is 17.2 Å². The number of halogens is 2. The van der Waals surface area contributed by atoms with Gasteiger partial charge in [-0.05, 0) is 56.2 Å². The zero-order valence-electron chi connectivity index (χ0n) is 18.2. The number of rotatable bonds is 6. The van der Waals surface area contributed by atoms with E-state index in [2.05, 4.69) is 15.5 Å². The number of benzene rings is 1. The second-order valence-electron chi connectivity index (χ2n) is 7.87. The predicted molar refractivity (Wildman–Crippen MR) is 121 cm³/mol. The monoisotopic (exact) mass is 488 g/mol. The number of carbonyl (C=O) groups excluding carboxylic acids is 1. The van der Waals surface area contributed by atoms with Crippen LogP contribution >= 0.6 is 0 Å². The van der Waals surface area contributed by atoms with Crippen LogP contribution in [0.25, 0.3) is 12.2 Å². The van der Waals surface area contributed by atoms with Crippen molar-refractivity contribution in [3.05, 3.63) is 71.4 Å². The van der Waals surface area contributed by atoms with Crippen molar-refractivity contribution < 1.29 is 26.5 Å². The summed E-state index contributed by atoms with van der Waals surface area (Å²) in [5, 5.41) is 6.55. The van der Waals surface area contributed by atoms with Crippen molar-refractivity contribution in [2.24, 2.45) is 5.92 Å². The van der Waals surface area contributed by atoms with E-state index in [4.69, 9.17) is 4.52 Å². The maximum absolute atomic E-state index is 13.9. The van der Waals surface area contributed by atoms with Crippen molar-refractivity contribution in [1.29, 1.82) is 0 Å². The summed E-state index contributed by atoms with van der Waals surface area (Å²) in [6.07, 6.45) is 6.42. The molecule has 1 amide bonds. The fourth-order valence-electron chi connectivity index (χ4n) is 3.77. The zero-order valence-corrected chi connectivity index (χ0v) is 19.1. The standard InChI is InChI=1S/C23H22F2N4O4S/c1-15-22(21(33-28-15)7-5-16-4-6-18(24)13-20(16)25)34(31,32)29-11-8-17(9-12-29)23(30)27-19-3-2-10-26-14-19/h2-7,10,13-14,17H,8-9,11-12H2,1H3,(H,27,30). The van der Waals surface area contributed by atoms with Gasteiger partial charge in [0, 0.05) is 36.8 Å². The van der Waals surface area contributed by atoms with Crippen molar-refractivity contribution in [2.75, 3.05) is 18.4 Å². The van der Waals surface area contributed by atoms with Crippen molar-refractivity contribution in [3.8, 4) is 0 Å². The number of hydrogen-bond donors (Lipinski definition) is 1. The molecule has 0 spiro atoms. The van der Waals surface area contributed by atoms with Crippen LogP contribution in [0.5, 0.6) is 0 Å². The van der Waals surface area contributed by atoms with E-state index in [0.717, 1.165) is 12.1 Å². The largest absolute Gasteiger partial charge is 0.355 e. The summed E-state index contributed by atoms with van der Waals surface area (Å²) < 4.78 is 60.2. The molecule has 0 aliphatic carbocycles. The fraction of sp³-hybridized carbons (Fsp3) is 0.261. The first-order valence-electron chi connectivity index (χ1n) is 10.6. The molecule has 178 valence electrons. The quantitative estimate of drug-likeness (QED) is 0.565. The Morgan fingerprint density at radius 1 is 1.21 bits per heavy atom. The van der Waals surface area contributed by atoms with Crippen molar-refractivity contribution >= 4 is 33.8 Å². The number of anilines is 1. The molecule has 1 N–H and O–H groups in total. The van der Waals surface area contributed by atoms with E-state index < -0.39 is 21.7 Å². The number of aromatic nitrogens is 2. The average Bonchev–Trinajstić information content (AvgIpc) is 3.20. The third-order valence-corrected chi connectivity index (χ3v) is 7.62. The molecule has 0 bridgehead atoms. The van der Waals surface area contributed by atoms with E-state index in [0.29, 0.717) is 18.5 Å². The Hall–Kier alpha value is -3.44. The van der Waals surface area contributed by atoms with Crippen LogP contribution in [0.3, 0.4) is 0 Å². The van der Waals surface area contributed by atoms with Gasteiger partial charge in [0.25, 0.3) is 0 Å². The van der Waals surface area contributed by atoms with Gasteiger partial charge in [-0.15, -0.1) is 0 Å². The van der Waals surface area contributed by atoms with E-state index in [1.54, 1.807) is 24.5 Å². The molecular weight excluding hydrogens is 466 g/mol. The van der Waals surface area contributed by atoms with Crippen LogP contribution < -0.4 is 5.32 Å². The molecule has 34 heavy (non-hydrogen) atoms. The summed E-state index contributed by atoms with van der Waals surface area (Å²) >= 11 is 0. The lowest BCUT2D eigenvalue weighted by Gasteiger charge is -2.30. The minimum absolute atomic E-state index is 0.0577. The molecule has 0 atom stereocenters. The SMILES string of the molecule is Cc1noc(C=Cc2ccc(F)cc2F)c1S(=O)(=O)N1CCC(C(=O)Nc2cccnc2)CC1. The molecule has 3 heterocycles. The Balaban J connectivity index is 1.47. The van der Waals surface area contributed by atoms with Gasteiger partial charge in [0.2, 0.25) is 15.9 Å². The van der Waals surface area contributed by atoms with Crippen LogP contribution in [0.4, 0.5) is 14.5 Å². The number of amides is 1. The number of hydrogen-bond acceptors (Lipinski definition) is 6. The maximum atomic E-state index is 13.9. The molecule has 11 heteroatoms. The average molecular weight is 489 g/mol. The third kappa shape index (κ3) is 5.05. The molecule has 1 saturated heterocycles. The van der Waals surface area contributed by atoms with E-state index >= 15 is 0 Å². The molecule has 0 radical (unpaired) electrons. The Kier molecular flexibility index (Phi) is 6.85. The van der Waals surface area contributed by atoms with Crippen LogP contribution in [0.1, 0.15) is 29.9 Å². The molecule has 1 fully saturated rings. The van der Waals surface area contributed by atoms with E-state index in [-0.39, 0.29) is 46.8 Å². The summed E-state index contributed by atoms with van der Waals surface area (Å²) in [4.78, 5) is 16.4. The van der Waals surface area contributed by atoms with Gasteiger partial charge in [-0.1, -0.05) is 5.16 Å². The maximum Gasteiger partial charge on any atom is 0.248 e. The fourth-order valence-corrected chi connectivity index (χ4v) is 5.49. The highest BCUT2D eigenvalue weighted by Crippen LogP contribution is 2.29. The van der Waals surface area contributed by atoms with Crippen molar-refractivity contribution in [2.45, 2.75) is 24.7 Å². The van der Waals surface area contributed by atoms with Crippen LogP contribution in [0.2, 0.25) is 0 Å². The predicted octanol–water partition coefficient (Wildman–Crippen LogP) is 3.87. The number of carbonyl (C=O) groups is 1. The smallest absolute Gasteiger partial charge is 0.248 e. The van der Waals surface area contributed by atoms with Crippen LogP contribution in [-0.2, 0) is 14.8 Å². The van der Waals surface area contributed by atoms with Crippen LogP contribution in [-0.4, -0.2) is 41.9 Å². The highest BCUT2D eigenvalue weighted by atomic mass is 32.2. The number of piperidine rings is 1. The lowest BCUT2D eigenvalue weighted by molar-refractivity contribution is -0.120. The van der Waals surface area contributed by atoms with Gasteiger partial charge in [0.15, 0.2) is 10.7 Å². The second-order valence-corrected chi connectivity index (χ2v) is 9.74.